The van der Waals surface area contributed by atoms with Gasteiger partial charge in [0.05, 0.1) is 5.02 Å². The van der Waals surface area contributed by atoms with E-state index in [1.807, 2.05) is 0 Å². The monoisotopic (exact) mass is 346 g/mol. The Bertz CT molecular complexity index is 661. The van der Waals surface area contributed by atoms with E-state index < -0.39 is 10.0 Å². The predicted octanol–water partition coefficient (Wildman–Crippen LogP) is 2.64. The van der Waals surface area contributed by atoms with Crippen LogP contribution in [-0.2, 0) is 10.0 Å². The molecule has 2 N–H and O–H groups in total. The minimum Gasteiger partial charge on any atom is -0.389 e. The van der Waals surface area contributed by atoms with E-state index in [1.165, 1.54) is 16.4 Å². The van der Waals surface area contributed by atoms with Gasteiger partial charge in [0.1, 0.15) is 9.88 Å². The van der Waals surface area contributed by atoms with E-state index >= 15 is 0 Å². The number of hydrogen-bond donors (Lipinski definition) is 1. The number of sulfonamides is 1. The van der Waals surface area contributed by atoms with E-state index in [1.54, 1.807) is 6.07 Å². The average Bonchev–Trinajstić information content (AvgIpc) is 2.41. The molecule has 1 saturated heterocycles. The van der Waals surface area contributed by atoms with Crippen LogP contribution in [0.1, 0.15) is 25.8 Å². The molecule has 0 amide bonds. The van der Waals surface area contributed by atoms with Crippen molar-refractivity contribution in [2.75, 3.05) is 13.1 Å². The number of rotatable bonds is 3. The lowest BCUT2D eigenvalue weighted by Crippen LogP contribution is -2.42. The van der Waals surface area contributed by atoms with E-state index in [0.717, 1.165) is 6.42 Å². The summed E-state index contributed by atoms with van der Waals surface area (Å²) in [7, 11) is -3.57. The van der Waals surface area contributed by atoms with Crippen LogP contribution in [-0.4, -0.2) is 30.8 Å². The van der Waals surface area contributed by atoms with Gasteiger partial charge in [-0.05, 0) is 30.4 Å². The summed E-state index contributed by atoms with van der Waals surface area (Å²) in [6, 6.07) is 4.58. The van der Waals surface area contributed by atoms with Crippen LogP contribution >= 0.6 is 23.8 Å². The van der Waals surface area contributed by atoms with Crippen LogP contribution < -0.4 is 5.73 Å². The van der Waals surface area contributed by atoms with E-state index in [0.29, 0.717) is 30.5 Å². The zero-order valence-corrected chi connectivity index (χ0v) is 14.4. The summed E-state index contributed by atoms with van der Waals surface area (Å²) in [4.78, 5) is 0.312. The third-order valence-electron chi connectivity index (χ3n) is 4.13. The van der Waals surface area contributed by atoms with Gasteiger partial charge in [-0.2, -0.15) is 4.31 Å². The first-order chi connectivity index (χ1) is 9.73. The maximum absolute atomic E-state index is 12.7. The van der Waals surface area contributed by atoms with Crippen molar-refractivity contribution in [2.45, 2.75) is 25.2 Å². The molecule has 0 aliphatic carbocycles. The van der Waals surface area contributed by atoms with Crippen molar-refractivity contribution in [1.82, 2.24) is 4.31 Å². The second-order valence-corrected chi connectivity index (χ2v) is 8.37. The SMILES string of the molecule is CC1CCN(S(=O)(=O)c2ccc(C(N)=S)cc2Cl)CC1C. The van der Waals surface area contributed by atoms with Crippen molar-refractivity contribution in [3.63, 3.8) is 0 Å². The third kappa shape index (κ3) is 3.39. The molecule has 7 heteroatoms. The molecule has 2 unspecified atom stereocenters. The lowest BCUT2D eigenvalue weighted by atomic mass is 9.90. The molecule has 1 aromatic carbocycles. The molecule has 1 aromatic rings. The van der Waals surface area contributed by atoms with Crippen molar-refractivity contribution < 1.29 is 8.42 Å². The fourth-order valence-corrected chi connectivity index (χ4v) is 4.65. The maximum Gasteiger partial charge on any atom is 0.244 e. The molecule has 1 heterocycles. The van der Waals surface area contributed by atoms with Gasteiger partial charge in [0, 0.05) is 18.7 Å². The average molecular weight is 347 g/mol. The summed E-state index contributed by atoms with van der Waals surface area (Å²) in [5.41, 5.74) is 6.10. The topological polar surface area (TPSA) is 63.4 Å². The smallest absolute Gasteiger partial charge is 0.244 e. The first-order valence-electron chi connectivity index (χ1n) is 6.83. The minimum atomic E-state index is -3.57. The number of nitrogens with zero attached hydrogens (tertiary/aromatic N) is 1. The van der Waals surface area contributed by atoms with Gasteiger partial charge >= 0.3 is 0 Å². The summed E-state index contributed by atoms with van der Waals surface area (Å²) in [5, 5.41) is 0.159. The number of halogens is 1. The Morgan fingerprint density at radius 1 is 1.38 bits per heavy atom. The highest BCUT2D eigenvalue weighted by Crippen LogP contribution is 2.30. The quantitative estimate of drug-likeness (QED) is 0.854. The second-order valence-electron chi connectivity index (χ2n) is 5.62. The molecule has 0 spiro atoms. The Balaban J connectivity index is 2.34. The van der Waals surface area contributed by atoms with Crippen molar-refractivity contribution in [2.24, 2.45) is 17.6 Å². The molecule has 0 saturated carbocycles. The molecule has 2 rings (SSSR count). The first-order valence-corrected chi connectivity index (χ1v) is 9.05. The molecule has 1 aliphatic heterocycles. The van der Waals surface area contributed by atoms with E-state index in [9.17, 15) is 8.42 Å². The molecule has 21 heavy (non-hydrogen) atoms. The number of hydrogen-bond acceptors (Lipinski definition) is 3. The zero-order chi connectivity index (χ0) is 15.8. The molecular weight excluding hydrogens is 328 g/mol. The standard InChI is InChI=1S/C14H19ClN2O2S2/c1-9-5-6-17(8-10(9)2)21(18,19)13-4-3-11(14(16)20)7-12(13)15/h3-4,7,9-10H,5-6,8H2,1-2H3,(H2,16,20). The normalized spacial score (nSPS) is 24.0. The first kappa shape index (κ1) is 16.7. The number of thiocarbonyl (C=S) groups is 1. The van der Waals surface area contributed by atoms with Gasteiger partial charge in [0.2, 0.25) is 10.0 Å². The Kier molecular flexibility index (Phi) is 4.92. The van der Waals surface area contributed by atoms with E-state index in [-0.39, 0.29) is 14.9 Å². The Morgan fingerprint density at radius 3 is 2.57 bits per heavy atom. The maximum atomic E-state index is 12.7. The zero-order valence-electron chi connectivity index (χ0n) is 12.0. The van der Waals surface area contributed by atoms with Crippen LogP contribution in [0.15, 0.2) is 23.1 Å². The summed E-state index contributed by atoms with van der Waals surface area (Å²) in [6.07, 6.45) is 0.864. The largest absolute Gasteiger partial charge is 0.389 e. The number of nitrogens with two attached hydrogens (primary N) is 1. The van der Waals surface area contributed by atoms with Crippen molar-refractivity contribution in [3.8, 4) is 0 Å². The molecular formula is C14H19ClN2O2S2. The van der Waals surface area contributed by atoms with Gasteiger partial charge in [-0.25, -0.2) is 8.42 Å². The van der Waals surface area contributed by atoms with Crippen LogP contribution in [0.25, 0.3) is 0 Å². The highest BCUT2D eigenvalue weighted by atomic mass is 35.5. The summed E-state index contributed by atoms with van der Waals surface area (Å²) >= 11 is 11.0. The molecule has 1 fully saturated rings. The van der Waals surface area contributed by atoms with Gasteiger partial charge in [-0.3, -0.25) is 0 Å². The fraction of sp³-hybridized carbons (Fsp3) is 0.500. The van der Waals surface area contributed by atoms with Crippen molar-refractivity contribution in [3.05, 3.63) is 28.8 Å². The lowest BCUT2D eigenvalue weighted by molar-refractivity contribution is 0.212. The fourth-order valence-electron chi connectivity index (χ4n) is 2.45. The molecule has 2 atom stereocenters. The predicted molar refractivity (Wildman–Crippen MR) is 89.0 cm³/mol. The Hall–Kier alpha value is -0.690. The Morgan fingerprint density at radius 2 is 2.05 bits per heavy atom. The van der Waals surface area contributed by atoms with Crippen LogP contribution in [0.3, 0.4) is 0 Å². The molecule has 0 radical (unpaired) electrons. The summed E-state index contributed by atoms with van der Waals surface area (Å²) in [6.45, 7) is 5.28. The van der Waals surface area contributed by atoms with Crippen molar-refractivity contribution in [1.29, 1.82) is 0 Å². The third-order valence-corrected chi connectivity index (χ3v) is 6.71. The van der Waals surface area contributed by atoms with Crippen LogP contribution in [0.5, 0.6) is 0 Å². The molecule has 1 aliphatic rings. The van der Waals surface area contributed by atoms with Gasteiger partial charge in [-0.15, -0.1) is 0 Å². The van der Waals surface area contributed by atoms with E-state index in [2.05, 4.69) is 13.8 Å². The van der Waals surface area contributed by atoms with Crippen LogP contribution in [0, 0.1) is 11.8 Å². The number of benzene rings is 1. The second kappa shape index (κ2) is 6.20. The minimum absolute atomic E-state index is 0.117. The van der Waals surface area contributed by atoms with Gasteiger partial charge in [0.15, 0.2) is 0 Å². The van der Waals surface area contributed by atoms with Crippen LogP contribution in [0.4, 0.5) is 0 Å². The highest BCUT2D eigenvalue weighted by molar-refractivity contribution is 7.89. The number of piperidine rings is 1. The molecule has 4 nitrogen and oxygen atoms in total. The van der Waals surface area contributed by atoms with Crippen LogP contribution in [0.2, 0.25) is 5.02 Å². The summed E-state index contributed by atoms with van der Waals surface area (Å²) < 4.78 is 27.0. The molecule has 116 valence electrons. The molecule has 0 bridgehead atoms. The van der Waals surface area contributed by atoms with Gasteiger partial charge < -0.3 is 5.73 Å². The highest BCUT2D eigenvalue weighted by Gasteiger charge is 2.32. The van der Waals surface area contributed by atoms with Gasteiger partial charge in [0.25, 0.3) is 0 Å². The Labute approximate surface area is 136 Å². The summed E-state index contributed by atoms with van der Waals surface area (Å²) in [5.74, 6) is 0.868. The lowest BCUT2D eigenvalue weighted by Gasteiger charge is -2.34. The molecule has 0 aromatic heterocycles. The van der Waals surface area contributed by atoms with E-state index in [4.69, 9.17) is 29.6 Å². The van der Waals surface area contributed by atoms with Gasteiger partial charge in [-0.1, -0.05) is 43.7 Å². The van der Waals surface area contributed by atoms with Crippen molar-refractivity contribution >= 4 is 38.8 Å².